The summed E-state index contributed by atoms with van der Waals surface area (Å²) in [4.78, 5) is 14.4. The lowest BCUT2D eigenvalue weighted by Crippen LogP contribution is -2.56. The molecule has 8 nitrogen and oxygen atoms in total. The maximum Gasteiger partial charge on any atom is 0.331 e. The number of nitrogens with one attached hydrogen (secondary N) is 2. The highest BCUT2D eigenvalue weighted by molar-refractivity contribution is 7.90. The number of piperidine rings is 2. The molecule has 0 aromatic heterocycles. The van der Waals surface area contributed by atoms with E-state index in [1.807, 2.05) is 17.1 Å². The van der Waals surface area contributed by atoms with Crippen LogP contribution >= 0.6 is 11.6 Å². The van der Waals surface area contributed by atoms with Crippen molar-refractivity contribution in [1.82, 2.24) is 20.1 Å². The van der Waals surface area contributed by atoms with Crippen LogP contribution in [0.3, 0.4) is 0 Å². The number of hydrogen-bond donors (Lipinski definition) is 3. The van der Waals surface area contributed by atoms with E-state index in [0.29, 0.717) is 56.9 Å². The molecule has 10 heteroatoms. The molecule has 2 amide bonds. The van der Waals surface area contributed by atoms with Gasteiger partial charge in [0.15, 0.2) is 0 Å². The Kier molecular flexibility index (Phi) is 7.22. The zero-order chi connectivity index (χ0) is 22.9. The van der Waals surface area contributed by atoms with Gasteiger partial charge in [-0.1, -0.05) is 23.7 Å². The first-order valence-electron chi connectivity index (χ1n) is 10.7. The molecule has 0 bridgehead atoms. The van der Waals surface area contributed by atoms with Gasteiger partial charge < -0.3 is 10.0 Å². The fourth-order valence-electron chi connectivity index (χ4n) is 3.84. The number of urea groups is 1. The van der Waals surface area contributed by atoms with E-state index in [9.17, 15) is 18.3 Å². The maximum atomic E-state index is 12.6. The van der Waals surface area contributed by atoms with Crippen molar-refractivity contribution >= 4 is 27.7 Å². The Labute approximate surface area is 190 Å². The molecule has 1 aromatic rings. The fourth-order valence-corrected chi connectivity index (χ4v) is 4.99. The van der Waals surface area contributed by atoms with E-state index in [-0.39, 0.29) is 12.1 Å². The molecule has 3 N–H and O–H groups in total. The van der Waals surface area contributed by atoms with Crippen LogP contribution in [0, 0.1) is 0 Å². The van der Waals surface area contributed by atoms with E-state index < -0.39 is 20.4 Å². The Bertz CT molecular complexity index is 870. The number of hydrazine groups is 1. The predicted molar refractivity (Wildman–Crippen MR) is 121 cm³/mol. The van der Waals surface area contributed by atoms with Crippen LogP contribution in [-0.4, -0.2) is 66.4 Å². The number of benzene rings is 1. The van der Waals surface area contributed by atoms with Crippen molar-refractivity contribution in [2.24, 2.45) is 0 Å². The summed E-state index contributed by atoms with van der Waals surface area (Å²) in [6.07, 6.45) is 2.18. The van der Waals surface area contributed by atoms with E-state index in [0.717, 1.165) is 5.56 Å². The lowest BCUT2D eigenvalue weighted by Gasteiger charge is -2.40. The smallest absolute Gasteiger partial charge is 0.331 e. The second-order valence-corrected chi connectivity index (χ2v) is 12.3. The molecular weight excluding hydrogens is 440 g/mol. The van der Waals surface area contributed by atoms with Gasteiger partial charge in [0.2, 0.25) is 10.0 Å². The van der Waals surface area contributed by atoms with E-state index in [2.05, 4.69) is 10.1 Å². The average Bonchev–Trinajstić information content (AvgIpc) is 2.69. The average molecular weight is 473 g/mol. The number of halogens is 1. The first-order chi connectivity index (χ1) is 14.4. The van der Waals surface area contributed by atoms with E-state index in [4.69, 9.17) is 11.6 Å². The molecule has 0 spiro atoms. The van der Waals surface area contributed by atoms with Gasteiger partial charge in [-0.3, -0.25) is 5.43 Å². The number of nitrogens with zero attached hydrogens (tertiary/aromatic N) is 2. The Hall–Kier alpha value is -1.39. The molecule has 2 aliphatic rings. The molecule has 0 aliphatic carbocycles. The van der Waals surface area contributed by atoms with Gasteiger partial charge in [0.25, 0.3) is 0 Å². The van der Waals surface area contributed by atoms with Crippen LogP contribution < -0.4 is 10.1 Å². The summed E-state index contributed by atoms with van der Waals surface area (Å²) in [7, 11) is -3.40. The SMILES string of the molecule is CC(C)(C)S(=O)(=O)NC1CCN(C(=O)NN2CCC(O)(c3ccc(Cl)cc3)CC2)CC1. The number of hydrogen-bond acceptors (Lipinski definition) is 5. The van der Waals surface area contributed by atoms with Crippen molar-refractivity contribution in [2.45, 2.75) is 62.8 Å². The van der Waals surface area contributed by atoms with Crippen LogP contribution in [0.5, 0.6) is 0 Å². The normalized spacial score (nSPS) is 21.1. The summed E-state index contributed by atoms with van der Waals surface area (Å²) in [6.45, 7) is 7.07. The summed E-state index contributed by atoms with van der Waals surface area (Å²) in [5.74, 6) is 0. The first kappa shape index (κ1) is 24.3. The highest BCUT2D eigenvalue weighted by Crippen LogP contribution is 2.33. The molecule has 2 saturated heterocycles. The molecule has 2 fully saturated rings. The van der Waals surface area contributed by atoms with Crippen LogP contribution in [0.4, 0.5) is 4.79 Å². The second-order valence-electron chi connectivity index (χ2n) is 9.44. The van der Waals surface area contributed by atoms with Crippen molar-refractivity contribution in [2.75, 3.05) is 26.2 Å². The monoisotopic (exact) mass is 472 g/mol. The predicted octanol–water partition coefficient (Wildman–Crippen LogP) is 2.43. The number of rotatable bonds is 4. The minimum Gasteiger partial charge on any atom is -0.385 e. The number of amides is 2. The summed E-state index contributed by atoms with van der Waals surface area (Å²) >= 11 is 5.93. The zero-order valence-electron chi connectivity index (χ0n) is 18.4. The molecule has 0 radical (unpaired) electrons. The van der Waals surface area contributed by atoms with Gasteiger partial charge >= 0.3 is 6.03 Å². The van der Waals surface area contributed by atoms with Crippen LogP contribution in [0.15, 0.2) is 24.3 Å². The van der Waals surface area contributed by atoms with Gasteiger partial charge in [0.05, 0.1) is 10.3 Å². The zero-order valence-corrected chi connectivity index (χ0v) is 20.0. The Morgan fingerprint density at radius 2 is 1.65 bits per heavy atom. The Morgan fingerprint density at radius 3 is 2.16 bits per heavy atom. The summed E-state index contributed by atoms with van der Waals surface area (Å²) in [5, 5.41) is 13.4. The number of carbonyl (C=O) groups is 1. The molecular formula is C21H33ClN4O4S. The van der Waals surface area contributed by atoms with Gasteiger partial charge in [-0.2, -0.15) is 0 Å². The molecule has 0 saturated carbocycles. The van der Waals surface area contributed by atoms with Crippen molar-refractivity contribution in [3.63, 3.8) is 0 Å². The van der Waals surface area contributed by atoms with E-state index in [1.165, 1.54) is 0 Å². The fraction of sp³-hybridized carbons (Fsp3) is 0.667. The van der Waals surface area contributed by atoms with Gasteiger partial charge in [-0.25, -0.2) is 22.9 Å². The van der Waals surface area contributed by atoms with Gasteiger partial charge in [0.1, 0.15) is 0 Å². The standard InChI is InChI=1S/C21H33ClN4O4S/c1-20(2,3)31(29,30)24-18-8-12-25(13-9-18)19(27)23-26-14-10-21(28,11-15-26)16-4-6-17(22)7-5-16/h4-7,18,24,28H,8-15H2,1-3H3,(H,23,27). The van der Waals surface area contributed by atoms with Crippen LogP contribution in [0.2, 0.25) is 5.02 Å². The topological polar surface area (TPSA) is 102 Å². The molecule has 0 unspecified atom stereocenters. The maximum absolute atomic E-state index is 12.6. The third-order valence-electron chi connectivity index (χ3n) is 6.14. The van der Waals surface area contributed by atoms with E-state index >= 15 is 0 Å². The molecule has 3 rings (SSSR count). The highest BCUT2D eigenvalue weighted by Gasteiger charge is 2.36. The number of aliphatic hydroxyl groups is 1. The Balaban J connectivity index is 1.45. The van der Waals surface area contributed by atoms with Crippen LogP contribution in [0.1, 0.15) is 52.0 Å². The van der Waals surface area contributed by atoms with Crippen LogP contribution in [0.25, 0.3) is 0 Å². The van der Waals surface area contributed by atoms with Gasteiger partial charge in [-0.15, -0.1) is 0 Å². The second kappa shape index (κ2) is 9.23. The molecule has 31 heavy (non-hydrogen) atoms. The van der Waals surface area contributed by atoms with Gasteiger partial charge in [-0.05, 0) is 64.2 Å². The number of carbonyl (C=O) groups excluding carboxylic acids is 1. The first-order valence-corrected chi connectivity index (χ1v) is 12.6. The van der Waals surface area contributed by atoms with E-state index in [1.54, 1.807) is 37.8 Å². The highest BCUT2D eigenvalue weighted by atomic mass is 35.5. The molecule has 1 aromatic carbocycles. The lowest BCUT2D eigenvalue weighted by atomic mass is 9.85. The summed E-state index contributed by atoms with van der Waals surface area (Å²) in [6, 6.07) is 6.89. The Morgan fingerprint density at radius 1 is 1.10 bits per heavy atom. The molecule has 2 aliphatic heterocycles. The largest absolute Gasteiger partial charge is 0.385 e. The molecule has 0 atom stereocenters. The summed E-state index contributed by atoms with van der Waals surface area (Å²) < 4.78 is 26.6. The lowest BCUT2D eigenvalue weighted by molar-refractivity contribution is -0.0359. The third kappa shape index (κ3) is 5.90. The van der Waals surface area contributed by atoms with Gasteiger partial charge in [0, 0.05) is 37.2 Å². The van der Waals surface area contributed by atoms with Crippen molar-refractivity contribution in [1.29, 1.82) is 0 Å². The minimum atomic E-state index is -3.40. The summed E-state index contributed by atoms with van der Waals surface area (Å²) in [5.41, 5.74) is 2.84. The van der Waals surface area contributed by atoms with Crippen molar-refractivity contribution in [3.8, 4) is 0 Å². The molecule has 174 valence electrons. The molecule has 2 heterocycles. The van der Waals surface area contributed by atoms with Crippen molar-refractivity contribution < 1.29 is 18.3 Å². The number of sulfonamides is 1. The number of likely N-dealkylation sites (tertiary alicyclic amines) is 1. The minimum absolute atomic E-state index is 0.155. The van der Waals surface area contributed by atoms with Crippen molar-refractivity contribution in [3.05, 3.63) is 34.9 Å². The van der Waals surface area contributed by atoms with Crippen LogP contribution in [-0.2, 0) is 15.6 Å². The quantitative estimate of drug-likeness (QED) is 0.624. The third-order valence-corrected chi connectivity index (χ3v) is 8.64.